The van der Waals surface area contributed by atoms with E-state index in [1.807, 2.05) is 85.2 Å². The first kappa shape index (κ1) is 22.9. The van der Waals surface area contributed by atoms with Crippen molar-refractivity contribution in [1.82, 2.24) is 9.13 Å². The molecule has 0 saturated carbocycles. The van der Waals surface area contributed by atoms with Crippen LogP contribution in [0.5, 0.6) is 11.5 Å². The van der Waals surface area contributed by atoms with Gasteiger partial charge in [-0.15, -0.1) is 13.2 Å². The fourth-order valence-corrected chi connectivity index (χ4v) is 4.18. The maximum absolute atomic E-state index is 14.1. The molecule has 0 bridgehead atoms. The quantitative estimate of drug-likeness (QED) is 0.211. The predicted molar refractivity (Wildman–Crippen MR) is 137 cm³/mol. The van der Waals surface area contributed by atoms with Crippen LogP contribution in [0.25, 0.3) is 22.5 Å². The van der Waals surface area contributed by atoms with Gasteiger partial charge in [0.05, 0.1) is 14.2 Å². The molecule has 2 heterocycles. The first-order valence-corrected chi connectivity index (χ1v) is 11.0. The summed E-state index contributed by atoms with van der Waals surface area (Å²) in [7, 11) is 3.25. The van der Waals surface area contributed by atoms with Gasteiger partial charge in [0.2, 0.25) is 0 Å². The zero-order chi connectivity index (χ0) is 24.1. The van der Waals surface area contributed by atoms with Crippen LogP contribution in [0.3, 0.4) is 0 Å². The molecule has 0 N–H and O–H groups in total. The molecule has 0 aliphatic heterocycles. The van der Waals surface area contributed by atoms with Crippen LogP contribution in [0.1, 0.15) is 15.9 Å². The van der Waals surface area contributed by atoms with Crippen LogP contribution in [-0.2, 0) is 13.1 Å². The van der Waals surface area contributed by atoms with Crippen LogP contribution in [0.2, 0.25) is 0 Å². The third-order valence-electron chi connectivity index (χ3n) is 5.81. The van der Waals surface area contributed by atoms with Crippen LogP contribution >= 0.6 is 0 Å². The van der Waals surface area contributed by atoms with Crippen molar-refractivity contribution < 1.29 is 14.3 Å². The SMILES string of the molecule is C=CCn1cccc1-c1cc(OC)ccc1C(=O)c1ccc(OC)cc1-c1cccn1CC=C. The molecule has 0 aliphatic rings. The van der Waals surface area contributed by atoms with Crippen LogP contribution < -0.4 is 9.47 Å². The van der Waals surface area contributed by atoms with E-state index in [2.05, 4.69) is 22.3 Å². The summed E-state index contributed by atoms with van der Waals surface area (Å²) in [6.45, 7) is 8.98. The van der Waals surface area contributed by atoms with Crippen LogP contribution in [-0.4, -0.2) is 29.1 Å². The minimum absolute atomic E-state index is 0.0759. The lowest BCUT2D eigenvalue weighted by molar-refractivity contribution is 0.104. The van der Waals surface area contributed by atoms with Gasteiger partial charge in [-0.3, -0.25) is 4.79 Å². The summed E-state index contributed by atoms with van der Waals surface area (Å²) < 4.78 is 15.1. The average molecular weight is 453 g/mol. The molecular weight excluding hydrogens is 424 g/mol. The molecule has 0 saturated heterocycles. The third-order valence-corrected chi connectivity index (χ3v) is 5.81. The number of methoxy groups -OCH3 is 2. The van der Waals surface area contributed by atoms with E-state index >= 15 is 0 Å². The first-order chi connectivity index (χ1) is 16.6. The first-order valence-electron chi connectivity index (χ1n) is 11.0. The van der Waals surface area contributed by atoms with E-state index in [0.717, 1.165) is 22.5 Å². The summed E-state index contributed by atoms with van der Waals surface area (Å²) in [5, 5.41) is 0. The van der Waals surface area contributed by atoms with Gasteiger partial charge in [0.25, 0.3) is 0 Å². The maximum atomic E-state index is 14.1. The number of ketones is 1. The van der Waals surface area contributed by atoms with Crippen molar-refractivity contribution in [1.29, 1.82) is 0 Å². The van der Waals surface area contributed by atoms with Crippen LogP contribution in [0.15, 0.2) is 98.4 Å². The van der Waals surface area contributed by atoms with E-state index in [9.17, 15) is 4.79 Å². The number of rotatable bonds is 10. The Morgan fingerprint density at radius 2 is 1.21 bits per heavy atom. The highest BCUT2D eigenvalue weighted by Crippen LogP contribution is 2.34. The fourth-order valence-electron chi connectivity index (χ4n) is 4.18. The molecule has 2 aromatic heterocycles. The molecule has 2 aromatic carbocycles. The van der Waals surface area contributed by atoms with E-state index in [0.29, 0.717) is 35.7 Å². The minimum Gasteiger partial charge on any atom is -0.497 e. The van der Waals surface area contributed by atoms with Gasteiger partial charge in [-0.05, 0) is 60.7 Å². The molecule has 0 unspecified atom stereocenters. The summed E-state index contributed by atoms with van der Waals surface area (Å²) in [6.07, 6.45) is 7.62. The fraction of sp³-hybridized carbons (Fsp3) is 0.138. The summed E-state index contributed by atoms with van der Waals surface area (Å²) in [4.78, 5) is 14.1. The largest absolute Gasteiger partial charge is 0.497 e. The Hall–Kier alpha value is -4.25. The van der Waals surface area contributed by atoms with Crippen molar-refractivity contribution >= 4 is 5.78 Å². The van der Waals surface area contributed by atoms with Crippen LogP contribution in [0.4, 0.5) is 0 Å². The third kappa shape index (κ3) is 4.33. The van der Waals surface area contributed by atoms with Gasteiger partial charge < -0.3 is 18.6 Å². The Labute approximate surface area is 200 Å². The van der Waals surface area contributed by atoms with Gasteiger partial charge in [0.15, 0.2) is 5.78 Å². The Bertz CT molecular complexity index is 1240. The van der Waals surface area contributed by atoms with Gasteiger partial charge in [0, 0.05) is 59.1 Å². The molecule has 5 heteroatoms. The number of benzene rings is 2. The Morgan fingerprint density at radius 3 is 1.59 bits per heavy atom. The zero-order valence-corrected chi connectivity index (χ0v) is 19.5. The van der Waals surface area contributed by atoms with Crippen LogP contribution in [0, 0.1) is 0 Å². The lowest BCUT2D eigenvalue weighted by atomic mass is 9.92. The highest BCUT2D eigenvalue weighted by atomic mass is 16.5. The highest BCUT2D eigenvalue weighted by Gasteiger charge is 2.22. The summed E-state index contributed by atoms with van der Waals surface area (Å²) in [6, 6.07) is 19.1. The molecule has 4 aromatic rings. The number of allylic oxidation sites excluding steroid dienone is 2. The molecule has 0 atom stereocenters. The molecule has 0 amide bonds. The molecule has 5 nitrogen and oxygen atoms in total. The standard InChI is InChI=1S/C29H28N2O3/c1-5-15-30-17-7-9-27(30)25-19-21(33-3)11-13-23(25)29(32)24-14-12-22(34-4)20-26(24)28-10-8-18-31(28)16-6-2/h5-14,17-20H,1-2,15-16H2,3-4H3. The smallest absolute Gasteiger partial charge is 0.194 e. The van der Waals surface area contributed by atoms with Gasteiger partial charge in [-0.2, -0.15) is 0 Å². The molecule has 0 aliphatic carbocycles. The number of hydrogen-bond donors (Lipinski definition) is 0. The Balaban J connectivity index is 1.90. The van der Waals surface area contributed by atoms with Gasteiger partial charge in [-0.25, -0.2) is 0 Å². The molecular formula is C29H28N2O3. The predicted octanol–water partition coefficient (Wildman–Crippen LogP) is 6.24. The number of nitrogens with zero attached hydrogens (tertiary/aromatic N) is 2. The van der Waals surface area contributed by atoms with Crippen molar-refractivity contribution in [2.75, 3.05) is 14.2 Å². The molecule has 4 rings (SSSR count). The van der Waals surface area contributed by atoms with Crippen molar-refractivity contribution in [3.05, 3.63) is 109 Å². The second-order valence-electron chi connectivity index (χ2n) is 7.82. The summed E-state index contributed by atoms with van der Waals surface area (Å²) in [5.74, 6) is 1.30. The van der Waals surface area contributed by atoms with Gasteiger partial charge >= 0.3 is 0 Å². The monoisotopic (exact) mass is 452 g/mol. The normalized spacial score (nSPS) is 10.6. The van der Waals surface area contributed by atoms with E-state index in [-0.39, 0.29) is 5.78 Å². The number of hydrogen-bond acceptors (Lipinski definition) is 3. The Morgan fingerprint density at radius 1 is 0.765 bits per heavy atom. The number of ether oxygens (including phenoxy) is 2. The maximum Gasteiger partial charge on any atom is 0.194 e. The number of aromatic nitrogens is 2. The van der Waals surface area contributed by atoms with E-state index < -0.39 is 0 Å². The average Bonchev–Trinajstić information content (AvgIpc) is 3.53. The van der Waals surface area contributed by atoms with E-state index in [1.165, 1.54) is 0 Å². The second-order valence-corrected chi connectivity index (χ2v) is 7.82. The Kier molecular flexibility index (Phi) is 6.83. The lowest BCUT2D eigenvalue weighted by Crippen LogP contribution is -2.09. The molecule has 0 spiro atoms. The lowest BCUT2D eigenvalue weighted by Gasteiger charge is -2.16. The van der Waals surface area contributed by atoms with Crippen molar-refractivity contribution in [3.8, 4) is 34.0 Å². The van der Waals surface area contributed by atoms with Crippen molar-refractivity contribution in [2.45, 2.75) is 13.1 Å². The minimum atomic E-state index is -0.0759. The van der Waals surface area contributed by atoms with E-state index in [4.69, 9.17) is 9.47 Å². The summed E-state index contributed by atoms with van der Waals surface area (Å²) >= 11 is 0. The van der Waals surface area contributed by atoms with Gasteiger partial charge in [-0.1, -0.05) is 12.2 Å². The number of carbonyl (C=O) groups excluding carboxylic acids is 1. The topological polar surface area (TPSA) is 45.4 Å². The molecule has 172 valence electrons. The zero-order valence-electron chi connectivity index (χ0n) is 19.5. The summed E-state index contributed by atoms with van der Waals surface area (Å²) in [5.41, 5.74) is 4.65. The van der Waals surface area contributed by atoms with Gasteiger partial charge in [0.1, 0.15) is 11.5 Å². The van der Waals surface area contributed by atoms with Crippen molar-refractivity contribution in [3.63, 3.8) is 0 Å². The van der Waals surface area contributed by atoms with E-state index in [1.54, 1.807) is 14.2 Å². The molecule has 34 heavy (non-hydrogen) atoms. The van der Waals surface area contributed by atoms with Crippen molar-refractivity contribution in [2.24, 2.45) is 0 Å². The second kappa shape index (κ2) is 10.1. The number of carbonyl (C=O) groups is 1. The highest BCUT2D eigenvalue weighted by molar-refractivity contribution is 6.16. The molecule has 0 fully saturated rings. The molecule has 0 radical (unpaired) electrons.